The quantitative estimate of drug-likeness (QED) is 0.825. The number of nitrogens with one attached hydrogen (secondary N) is 1. The second-order valence-corrected chi connectivity index (χ2v) is 4.05. The van der Waals surface area contributed by atoms with Crippen LogP contribution in [-0.4, -0.2) is 28.8 Å². The summed E-state index contributed by atoms with van der Waals surface area (Å²) < 4.78 is 7.58. The van der Waals surface area contributed by atoms with E-state index in [1.54, 1.807) is 0 Å². The molecular weight excluding hydrogens is 190 g/mol. The van der Waals surface area contributed by atoms with Crippen LogP contribution in [0, 0.1) is 6.92 Å². The Balaban J connectivity index is 2.02. The molecule has 84 valence electrons. The molecule has 2 heterocycles. The lowest BCUT2D eigenvalue weighted by Crippen LogP contribution is -2.31. The Morgan fingerprint density at radius 2 is 2.53 bits per heavy atom. The number of hydrogen-bond acceptors (Lipinski definition) is 3. The summed E-state index contributed by atoms with van der Waals surface area (Å²) in [7, 11) is 0. The molecule has 0 spiro atoms. The molecule has 1 fully saturated rings. The molecule has 4 nitrogen and oxygen atoms in total. The largest absolute Gasteiger partial charge is 0.379 e. The molecular formula is C11H19N3O. The molecule has 1 aromatic rings. The van der Waals surface area contributed by atoms with Gasteiger partial charge in [-0.2, -0.15) is 0 Å². The van der Waals surface area contributed by atoms with Crippen molar-refractivity contribution in [1.29, 1.82) is 0 Å². The monoisotopic (exact) mass is 209 g/mol. The summed E-state index contributed by atoms with van der Waals surface area (Å²) in [5, 5.41) is 3.45. The maximum atomic E-state index is 5.44. The van der Waals surface area contributed by atoms with E-state index in [-0.39, 0.29) is 0 Å². The average molecular weight is 209 g/mol. The molecule has 0 bridgehead atoms. The van der Waals surface area contributed by atoms with Gasteiger partial charge in [0, 0.05) is 19.3 Å². The van der Waals surface area contributed by atoms with E-state index < -0.39 is 0 Å². The zero-order valence-electron chi connectivity index (χ0n) is 9.49. The highest BCUT2D eigenvalue weighted by Crippen LogP contribution is 2.14. The highest BCUT2D eigenvalue weighted by Gasteiger charge is 2.15. The number of nitrogens with zero attached hydrogens (tertiary/aromatic N) is 2. The minimum absolute atomic E-state index is 0.422. The van der Waals surface area contributed by atoms with E-state index >= 15 is 0 Å². The molecule has 1 unspecified atom stereocenters. The van der Waals surface area contributed by atoms with Gasteiger partial charge in [-0.05, 0) is 26.7 Å². The summed E-state index contributed by atoms with van der Waals surface area (Å²) in [6.07, 6.45) is 4.39. The fourth-order valence-electron chi connectivity index (χ4n) is 1.94. The van der Waals surface area contributed by atoms with Gasteiger partial charge in [-0.1, -0.05) is 0 Å². The lowest BCUT2D eigenvalue weighted by Gasteiger charge is -2.23. The first-order valence-electron chi connectivity index (χ1n) is 5.67. The van der Waals surface area contributed by atoms with E-state index in [1.807, 2.05) is 6.92 Å². The van der Waals surface area contributed by atoms with Gasteiger partial charge in [0.1, 0.15) is 0 Å². The second kappa shape index (κ2) is 4.66. The number of anilines is 1. The van der Waals surface area contributed by atoms with Gasteiger partial charge in [-0.25, -0.2) is 4.98 Å². The maximum absolute atomic E-state index is 5.44. The first kappa shape index (κ1) is 10.5. The van der Waals surface area contributed by atoms with Crippen molar-refractivity contribution in [3.8, 4) is 0 Å². The van der Waals surface area contributed by atoms with Crippen molar-refractivity contribution in [2.75, 3.05) is 18.5 Å². The Morgan fingerprint density at radius 1 is 1.67 bits per heavy atom. The van der Waals surface area contributed by atoms with Gasteiger partial charge in [0.15, 0.2) is 0 Å². The van der Waals surface area contributed by atoms with E-state index in [0.717, 1.165) is 37.8 Å². The topological polar surface area (TPSA) is 39.1 Å². The normalized spacial score (nSPS) is 21.6. The van der Waals surface area contributed by atoms with Crippen LogP contribution in [0.5, 0.6) is 0 Å². The predicted octanol–water partition coefficient (Wildman–Crippen LogP) is 1.80. The zero-order chi connectivity index (χ0) is 10.7. The Labute approximate surface area is 90.6 Å². The van der Waals surface area contributed by atoms with Crippen molar-refractivity contribution < 1.29 is 4.74 Å². The molecule has 1 aromatic heterocycles. The lowest BCUT2D eigenvalue weighted by atomic mass is 10.1. The maximum Gasteiger partial charge on any atom is 0.203 e. The molecule has 1 atom stereocenters. The summed E-state index contributed by atoms with van der Waals surface area (Å²) in [5.41, 5.74) is 1.07. The zero-order valence-corrected chi connectivity index (χ0v) is 9.49. The van der Waals surface area contributed by atoms with Gasteiger partial charge in [0.05, 0.1) is 18.3 Å². The van der Waals surface area contributed by atoms with Gasteiger partial charge in [-0.3, -0.25) is 0 Å². The van der Waals surface area contributed by atoms with Crippen LogP contribution in [0.15, 0.2) is 6.20 Å². The van der Waals surface area contributed by atoms with Crippen molar-refractivity contribution in [2.45, 2.75) is 39.3 Å². The predicted molar refractivity (Wildman–Crippen MR) is 60.1 cm³/mol. The van der Waals surface area contributed by atoms with Crippen LogP contribution in [0.25, 0.3) is 0 Å². The van der Waals surface area contributed by atoms with Gasteiger partial charge >= 0.3 is 0 Å². The molecule has 4 heteroatoms. The van der Waals surface area contributed by atoms with Crippen molar-refractivity contribution in [3.05, 3.63) is 11.9 Å². The van der Waals surface area contributed by atoms with Crippen LogP contribution in [0.4, 0.5) is 5.95 Å². The van der Waals surface area contributed by atoms with E-state index in [0.29, 0.717) is 6.04 Å². The third kappa shape index (κ3) is 2.50. The van der Waals surface area contributed by atoms with Gasteiger partial charge in [-0.15, -0.1) is 0 Å². The standard InChI is InChI=1S/C11H19N3O/c1-3-14-7-9(2)12-11(14)13-10-5-4-6-15-8-10/h7,10H,3-6,8H2,1-2H3,(H,12,13). The van der Waals surface area contributed by atoms with E-state index in [9.17, 15) is 0 Å². The van der Waals surface area contributed by atoms with Gasteiger partial charge in [0.25, 0.3) is 0 Å². The Kier molecular flexibility index (Phi) is 3.26. The fraction of sp³-hybridized carbons (Fsp3) is 0.727. The minimum atomic E-state index is 0.422. The van der Waals surface area contributed by atoms with Crippen LogP contribution >= 0.6 is 0 Å². The summed E-state index contributed by atoms with van der Waals surface area (Å²) in [4.78, 5) is 4.47. The molecule has 15 heavy (non-hydrogen) atoms. The van der Waals surface area contributed by atoms with Crippen LogP contribution in [0.2, 0.25) is 0 Å². The third-order valence-electron chi connectivity index (χ3n) is 2.73. The molecule has 0 aromatic carbocycles. The minimum Gasteiger partial charge on any atom is -0.379 e. The van der Waals surface area contributed by atoms with E-state index in [4.69, 9.17) is 4.74 Å². The van der Waals surface area contributed by atoms with Crippen LogP contribution in [0.3, 0.4) is 0 Å². The molecule has 1 aliphatic rings. The Morgan fingerprint density at radius 3 is 3.20 bits per heavy atom. The van der Waals surface area contributed by atoms with Crippen LogP contribution in [0.1, 0.15) is 25.5 Å². The summed E-state index contributed by atoms with van der Waals surface area (Å²) in [6.45, 7) is 6.81. The number of ether oxygens (including phenoxy) is 1. The Hall–Kier alpha value is -1.03. The average Bonchev–Trinajstić information content (AvgIpc) is 2.60. The molecule has 1 saturated heterocycles. The first-order valence-corrected chi connectivity index (χ1v) is 5.67. The number of rotatable bonds is 3. The number of aryl methyl sites for hydroxylation is 2. The smallest absolute Gasteiger partial charge is 0.203 e. The molecule has 1 N–H and O–H groups in total. The van der Waals surface area contributed by atoms with Gasteiger partial charge in [0.2, 0.25) is 5.95 Å². The van der Waals surface area contributed by atoms with Crippen molar-refractivity contribution in [2.24, 2.45) is 0 Å². The second-order valence-electron chi connectivity index (χ2n) is 4.05. The third-order valence-corrected chi connectivity index (χ3v) is 2.73. The number of imidazole rings is 1. The molecule has 0 saturated carbocycles. The molecule has 0 radical (unpaired) electrons. The summed E-state index contributed by atoms with van der Waals surface area (Å²) in [6, 6.07) is 0.422. The van der Waals surface area contributed by atoms with E-state index in [2.05, 4.69) is 28.0 Å². The number of hydrogen-bond donors (Lipinski definition) is 1. The fourth-order valence-corrected chi connectivity index (χ4v) is 1.94. The molecule has 0 aliphatic carbocycles. The number of aromatic nitrogens is 2. The van der Waals surface area contributed by atoms with E-state index in [1.165, 1.54) is 6.42 Å². The molecule has 1 aliphatic heterocycles. The highest BCUT2D eigenvalue weighted by molar-refractivity contribution is 5.30. The SMILES string of the molecule is CCn1cc(C)nc1NC1CCCOC1. The highest BCUT2D eigenvalue weighted by atomic mass is 16.5. The van der Waals surface area contributed by atoms with Crippen LogP contribution in [-0.2, 0) is 11.3 Å². The summed E-state index contributed by atoms with van der Waals surface area (Å²) >= 11 is 0. The van der Waals surface area contributed by atoms with Crippen molar-refractivity contribution >= 4 is 5.95 Å². The van der Waals surface area contributed by atoms with Crippen LogP contribution < -0.4 is 5.32 Å². The van der Waals surface area contributed by atoms with Gasteiger partial charge < -0.3 is 14.6 Å². The Bertz CT molecular complexity index is 316. The lowest BCUT2D eigenvalue weighted by molar-refractivity contribution is 0.0873. The summed E-state index contributed by atoms with van der Waals surface area (Å²) in [5.74, 6) is 0.977. The molecule has 0 amide bonds. The van der Waals surface area contributed by atoms with Crippen molar-refractivity contribution in [1.82, 2.24) is 9.55 Å². The molecule has 2 rings (SSSR count). The van der Waals surface area contributed by atoms with Crippen molar-refractivity contribution in [3.63, 3.8) is 0 Å². The first-order chi connectivity index (χ1) is 7.29.